The van der Waals surface area contributed by atoms with Gasteiger partial charge in [0.1, 0.15) is 0 Å². The molecule has 1 aliphatic rings. The Morgan fingerprint density at radius 3 is 2.70 bits per heavy atom. The summed E-state index contributed by atoms with van der Waals surface area (Å²) in [4.78, 5) is 24.3. The van der Waals surface area contributed by atoms with Gasteiger partial charge in [0.2, 0.25) is 5.91 Å². The first-order chi connectivity index (χ1) is 9.56. The van der Waals surface area contributed by atoms with Gasteiger partial charge in [-0.3, -0.25) is 9.59 Å². The highest BCUT2D eigenvalue weighted by molar-refractivity contribution is 9.11. The monoisotopic (exact) mass is 359 g/mol. The fraction of sp³-hybridized carbons (Fsp3) is 0.571. The molecule has 1 fully saturated rings. The van der Waals surface area contributed by atoms with Gasteiger partial charge in [-0.25, -0.2) is 0 Å². The Labute approximate surface area is 130 Å². The van der Waals surface area contributed by atoms with Crippen molar-refractivity contribution in [3.63, 3.8) is 0 Å². The van der Waals surface area contributed by atoms with E-state index in [1.165, 1.54) is 11.3 Å². The summed E-state index contributed by atoms with van der Waals surface area (Å²) in [5, 5.41) is 12.2. The Balaban J connectivity index is 1.95. The predicted molar refractivity (Wildman–Crippen MR) is 81.9 cm³/mol. The van der Waals surface area contributed by atoms with Crippen LogP contribution in [-0.4, -0.2) is 23.0 Å². The topological polar surface area (TPSA) is 66.4 Å². The van der Waals surface area contributed by atoms with Gasteiger partial charge in [-0.1, -0.05) is 19.3 Å². The first-order valence-corrected chi connectivity index (χ1v) is 8.43. The lowest BCUT2D eigenvalue weighted by Crippen LogP contribution is -2.43. The third kappa shape index (κ3) is 4.31. The van der Waals surface area contributed by atoms with Crippen molar-refractivity contribution in [3.05, 3.63) is 20.8 Å². The molecule has 110 valence electrons. The summed E-state index contributed by atoms with van der Waals surface area (Å²) >= 11 is 4.90. The Kier molecular flexibility index (Phi) is 5.60. The molecule has 1 aromatic heterocycles. The molecular formula is C14H18BrNO3S. The smallest absolute Gasteiger partial charge is 0.308 e. The first kappa shape index (κ1) is 15.5. The summed E-state index contributed by atoms with van der Waals surface area (Å²) in [7, 11) is 0. The average molecular weight is 360 g/mol. The van der Waals surface area contributed by atoms with Crippen LogP contribution in [0.4, 0.5) is 0 Å². The van der Waals surface area contributed by atoms with Crippen molar-refractivity contribution >= 4 is 39.1 Å². The zero-order valence-electron chi connectivity index (χ0n) is 11.1. The molecule has 1 aliphatic carbocycles. The van der Waals surface area contributed by atoms with Crippen LogP contribution in [0.15, 0.2) is 15.9 Å². The normalized spacial score (nSPS) is 23.1. The minimum atomic E-state index is -0.795. The van der Waals surface area contributed by atoms with Gasteiger partial charge in [0.15, 0.2) is 0 Å². The maximum Gasteiger partial charge on any atom is 0.308 e. The Bertz CT molecular complexity index is 489. The van der Waals surface area contributed by atoms with Crippen molar-refractivity contribution in [2.75, 3.05) is 0 Å². The molecule has 6 heteroatoms. The Morgan fingerprint density at radius 2 is 2.05 bits per heavy atom. The van der Waals surface area contributed by atoms with Gasteiger partial charge in [0.25, 0.3) is 0 Å². The number of halogens is 1. The van der Waals surface area contributed by atoms with Crippen LogP contribution >= 0.6 is 27.3 Å². The molecular weight excluding hydrogens is 342 g/mol. The lowest BCUT2D eigenvalue weighted by molar-refractivity contribution is -0.143. The molecule has 0 bridgehead atoms. The van der Waals surface area contributed by atoms with Crippen molar-refractivity contribution in [1.82, 2.24) is 5.32 Å². The lowest BCUT2D eigenvalue weighted by atomic mass is 9.95. The number of carbonyl (C=O) groups is 2. The lowest BCUT2D eigenvalue weighted by Gasteiger charge is -2.22. The Hall–Kier alpha value is -0.880. The van der Waals surface area contributed by atoms with E-state index in [1.807, 2.05) is 12.1 Å². The van der Waals surface area contributed by atoms with E-state index in [0.717, 1.165) is 34.3 Å². The van der Waals surface area contributed by atoms with Crippen LogP contribution in [0.3, 0.4) is 0 Å². The molecule has 2 N–H and O–H groups in total. The number of carboxylic acid groups (broad SMARTS) is 1. The predicted octanol–water partition coefficient (Wildman–Crippen LogP) is 3.20. The molecule has 0 aliphatic heterocycles. The minimum Gasteiger partial charge on any atom is -0.481 e. The van der Waals surface area contributed by atoms with E-state index < -0.39 is 11.9 Å². The van der Waals surface area contributed by atoms with Crippen molar-refractivity contribution in [2.24, 2.45) is 5.92 Å². The van der Waals surface area contributed by atoms with Gasteiger partial charge in [-0.15, -0.1) is 11.3 Å². The second-order valence-electron chi connectivity index (χ2n) is 5.14. The number of rotatable bonds is 4. The number of aliphatic carboxylic acids is 1. The largest absolute Gasteiger partial charge is 0.481 e. The van der Waals surface area contributed by atoms with E-state index in [1.54, 1.807) is 0 Å². The highest BCUT2D eigenvalue weighted by Gasteiger charge is 2.30. The van der Waals surface area contributed by atoms with Crippen LogP contribution in [-0.2, 0) is 16.0 Å². The summed E-state index contributed by atoms with van der Waals surface area (Å²) in [5.41, 5.74) is 0. The molecule has 1 heterocycles. The van der Waals surface area contributed by atoms with Gasteiger partial charge < -0.3 is 10.4 Å². The molecule has 4 nitrogen and oxygen atoms in total. The van der Waals surface area contributed by atoms with Crippen molar-refractivity contribution in [2.45, 2.75) is 44.6 Å². The van der Waals surface area contributed by atoms with E-state index in [9.17, 15) is 14.7 Å². The number of thiophene rings is 1. The summed E-state index contributed by atoms with van der Waals surface area (Å²) in [5.74, 6) is -1.33. The summed E-state index contributed by atoms with van der Waals surface area (Å²) in [6, 6.07) is 3.60. The van der Waals surface area contributed by atoms with Gasteiger partial charge in [-0.2, -0.15) is 0 Å². The summed E-state index contributed by atoms with van der Waals surface area (Å²) in [6.45, 7) is 0. The summed E-state index contributed by atoms with van der Waals surface area (Å²) < 4.78 is 0.998. The molecule has 0 saturated heterocycles. The third-order valence-electron chi connectivity index (χ3n) is 3.64. The van der Waals surface area contributed by atoms with Gasteiger partial charge in [-0.05, 0) is 40.9 Å². The number of nitrogens with one attached hydrogen (secondary N) is 1. The molecule has 20 heavy (non-hydrogen) atoms. The van der Waals surface area contributed by atoms with Crippen LogP contribution in [0.1, 0.15) is 37.0 Å². The number of hydrogen-bond donors (Lipinski definition) is 2. The van der Waals surface area contributed by atoms with Gasteiger partial charge in [0.05, 0.1) is 16.1 Å². The molecule has 2 rings (SSSR count). The minimum absolute atomic E-state index is 0.0856. The van der Waals surface area contributed by atoms with E-state index in [0.29, 0.717) is 12.8 Å². The maximum atomic E-state index is 12.1. The average Bonchev–Trinajstić information content (AvgIpc) is 2.64. The van der Waals surface area contributed by atoms with Crippen molar-refractivity contribution in [3.8, 4) is 0 Å². The Morgan fingerprint density at radius 1 is 1.30 bits per heavy atom. The van der Waals surface area contributed by atoms with Crippen LogP contribution in [0.5, 0.6) is 0 Å². The highest BCUT2D eigenvalue weighted by atomic mass is 79.9. The standard InChI is InChI=1S/C14H18BrNO3S/c15-12-7-6-9(20-12)8-13(17)16-11-5-3-1-2-4-10(11)14(18)19/h6-7,10-11H,1-5,8H2,(H,16,17)(H,18,19)/t10-,11+/m1/s1. The fourth-order valence-corrected chi connectivity index (χ4v) is 4.12. The number of hydrogen-bond acceptors (Lipinski definition) is 3. The molecule has 0 spiro atoms. The van der Waals surface area contributed by atoms with E-state index in [4.69, 9.17) is 0 Å². The second-order valence-corrected chi connectivity index (χ2v) is 7.69. The van der Waals surface area contributed by atoms with Crippen LogP contribution < -0.4 is 5.32 Å². The zero-order valence-corrected chi connectivity index (χ0v) is 13.5. The van der Waals surface area contributed by atoms with E-state index >= 15 is 0 Å². The van der Waals surface area contributed by atoms with E-state index in [2.05, 4.69) is 21.2 Å². The molecule has 1 saturated carbocycles. The van der Waals surface area contributed by atoms with Gasteiger partial charge in [0, 0.05) is 10.9 Å². The van der Waals surface area contributed by atoms with Crippen molar-refractivity contribution < 1.29 is 14.7 Å². The number of carbonyl (C=O) groups excluding carboxylic acids is 1. The SMILES string of the molecule is O=C(Cc1ccc(Br)s1)N[C@H]1CCCCC[C@H]1C(=O)O. The molecule has 0 radical (unpaired) electrons. The summed E-state index contributed by atoms with van der Waals surface area (Å²) in [6.07, 6.45) is 4.70. The molecule has 2 atom stereocenters. The number of carboxylic acids is 1. The van der Waals surface area contributed by atoms with Crippen LogP contribution in [0.2, 0.25) is 0 Å². The van der Waals surface area contributed by atoms with Crippen LogP contribution in [0.25, 0.3) is 0 Å². The maximum absolute atomic E-state index is 12.1. The zero-order chi connectivity index (χ0) is 14.5. The van der Waals surface area contributed by atoms with Crippen molar-refractivity contribution in [1.29, 1.82) is 0 Å². The molecule has 1 aromatic rings. The molecule has 1 amide bonds. The third-order valence-corrected chi connectivity index (χ3v) is 5.27. The highest BCUT2D eigenvalue weighted by Crippen LogP contribution is 2.25. The van der Waals surface area contributed by atoms with Gasteiger partial charge >= 0.3 is 5.97 Å². The number of amides is 1. The molecule has 0 aromatic carbocycles. The first-order valence-electron chi connectivity index (χ1n) is 6.82. The van der Waals surface area contributed by atoms with E-state index in [-0.39, 0.29) is 11.9 Å². The second kappa shape index (κ2) is 7.22. The quantitative estimate of drug-likeness (QED) is 0.811. The fourth-order valence-electron chi connectivity index (χ4n) is 2.64. The molecule has 0 unspecified atom stereocenters. The van der Waals surface area contributed by atoms with Crippen LogP contribution in [0, 0.1) is 5.92 Å².